The number of carbonyl (C=O) groups is 3. The van der Waals surface area contributed by atoms with Gasteiger partial charge in [-0.15, -0.1) is 11.3 Å². The Bertz CT molecular complexity index is 2340. The lowest BCUT2D eigenvalue weighted by atomic mass is 9.85. The monoisotopic (exact) mass is 886 g/mol. The Labute approximate surface area is 370 Å². The first-order valence-corrected chi connectivity index (χ1v) is 22.1. The molecule has 0 aliphatic carbocycles. The Hall–Kier alpha value is -5.58. The number of nitrogens with one attached hydrogen (secondary N) is 4. The second-order valence-electron chi connectivity index (χ2n) is 17.3. The summed E-state index contributed by atoms with van der Waals surface area (Å²) in [7, 11) is 1.84. The van der Waals surface area contributed by atoms with Crippen molar-refractivity contribution in [1.29, 1.82) is 0 Å². The van der Waals surface area contributed by atoms with E-state index in [4.69, 9.17) is 0 Å². The molecule has 1 fully saturated rings. The lowest BCUT2D eigenvalue weighted by Crippen LogP contribution is -2.56. The molecule has 6 rings (SSSR count). The quantitative estimate of drug-likeness (QED) is 0.0592. The Morgan fingerprint density at radius 1 is 0.952 bits per heavy atom. The number of unbranched alkanes of at least 4 members (excludes halogenated alkanes) is 2. The van der Waals surface area contributed by atoms with Crippen LogP contribution < -0.4 is 21.3 Å². The molecule has 3 amide bonds. The maximum Gasteiger partial charge on any atom is 0.416 e. The number of carbonyl (C=O) groups excluding carboxylic acids is 3. The Balaban J connectivity index is 0.977. The van der Waals surface area contributed by atoms with Gasteiger partial charge in [-0.2, -0.15) is 13.2 Å². The van der Waals surface area contributed by atoms with Gasteiger partial charge in [-0.05, 0) is 85.7 Å². The third-order valence-electron chi connectivity index (χ3n) is 11.3. The zero-order chi connectivity index (χ0) is 45.5. The summed E-state index contributed by atoms with van der Waals surface area (Å²) in [4.78, 5) is 52.5. The predicted molar refractivity (Wildman–Crippen MR) is 240 cm³/mol. The number of likely N-dealkylation sites (tertiary alicyclic amines) is 1. The molecule has 1 aliphatic rings. The van der Waals surface area contributed by atoms with E-state index >= 15 is 0 Å². The van der Waals surface area contributed by atoms with Gasteiger partial charge in [0.05, 0.1) is 51.9 Å². The van der Waals surface area contributed by atoms with Crippen LogP contribution in [-0.4, -0.2) is 80.1 Å². The molecule has 1 saturated heterocycles. The summed E-state index contributed by atoms with van der Waals surface area (Å²) in [5.74, 6) is -0.783. The molecule has 5 aromatic rings. The van der Waals surface area contributed by atoms with Crippen molar-refractivity contribution in [3.8, 4) is 21.7 Å². The van der Waals surface area contributed by atoms with Crippen molar-refractivity contribution in [2.45, 2.75) is 97.3 Å². The summed E-state index contributed by atoms with van der Waals surface area (Å²) in [6.07, 6.45) is 0.636. The second kappa shape index (κ2) is 20.3. The van der Waals surface area contributed by atoms with Gasteiger partial charge in [0.15, 0.2) is 0 Å². The normalized spacial score (nSPS) is 16.4. The smallest absolute Gasteiger partial charge is 0.391 e. The van der Waals surface area contributed by atoms with Gasteiger partial charge in [-0.3, -0.25) is 14.4 Å². The molecule has 63 heavy (non-hydrogen) atoms. The molecule has 0 bridgehead atoms. The fourth-order valence-electron chi connectivity index (χ4n) is 7.72. The van der Waals surface area contributed by atoms with Crippen molar-refractivity contribution in [3.63, 3.8) is 0 Å². The molecule has 3 aromatic carbocycles. The Morgan fingerprint density at radius 3 is 2.30 bits per heavy atom. The third kappa shape index (κ3) is 12.1. The number of hydrogen-bond donors (Lipinski definition) is 5. The van der Waals surface area contributed by atoms with Gasteiger partial charge in [0.25, 0.3) is 5.91 Å². The summed E-state index contributed by atoms with van der Waals surface area (Å²) in [6, 6.07) is 16.5. The number of benzene rings is 3. The topological polar surface area (TPSA) is 154 Å². The first-order chi connectivity index (χ1) is 29.9. The zero-order valence-electron chi connectivity index (χ0n) is 36.6. The van der Waals surface area contributed by atoms with Crippen molar-refractivity contribution < 1.29 is 32.7 Å². The van der Waals surface area contributed by atoms with Crippen molar-refractivity contribution in [2.24, 2.45) is 12.5 Å². The highest BCUT2D eigenvalue weighted by atomic mass is 32.1. The van der Waals surface area contributed by atoms with Crippen molar-refractivity contribution in [2.75, 3.05) is 25.0 Å². The molecular weight excluding hydrogens is 830 g/mol. The lowest BCUT2D eigenvalue weighted by molar-refractivity contribution is -0.142. The van der Waals surface area contributed by atoms with Crippen LogP contribution in [0.4, 0.5) is 18.9 Å². The van der Waals surface area contributed by atoms with Crippen molar-refractivity contribution in [3.05, 3.63) is 113 Å². The molecular formula is C47H57F3N8O4S. The highest BCUT2D eigenvalue weighted by Crippen LogP contribution is 2.32. The van der Waals surface area contributed by atoms with Crippen LogP contribution in [0, 0.1) is 12.3 Å². The van der Waals surface area contributed by atoms with Gasteiger partial charge in [0.2, 0.25) is 11.8 Å². The van der Waals surface area contributed by atoms with Gasteiger partial charge in [0.1, 0.15) is 6.04 Å². The molecule has 0 saturated carbocycles. The van der Waals surface area contributed by atoms with Crippen LogP contribution in [0.3, 0.4) is 0 Å². The van der Waals surface area contributed by atoms with E-state index in [0.29, 0.717) is 47.6 Å². The maximum atomic E-state index is 14.1. The molecule has 16 heteroatoms. The van der Waals surface area contributed by atoms with E-state index in [0.717, 1.165) is 46.7 Å². The number of aliphatic hydroxyl groups excluding tert-OH is 1. The number of amides is 3. The van der Waals surface area contributed by atoms with Gasteiger partial charge in [0, 0.05) is 56.1 Å². The number of anilines is 1. The van der Waals surface area contributed by atoms with Crippen LogP contribution in [0.5, 0.6) is 0 Å². The molecule has 0 spiro atoms. The lowest BCUT2D eigenvalue weighted by Gasteiger charge is -2.35. The maximum absolute atomic E-state index is 14.1. The van der Waals surface area contributed by atoms with Crippen molar-refractivity contribution in [1.82, 2.24) is 35.4 Å². The van der Waals surface area contributed by atoms with Gasteiger partial charge in [-0.1, -0.05) is 63.6 Å². The van der Waals surface area contributed by atoms with Crippen LogP contribution in [0.25, 0.3) is 21.7 Å². The van der Waals surface area contributed by atoms with E-state index < -0.39 is 35.3 Å². The minimum absolute atomic E-state index is 0.0769. The van der Waals surface area contributed by atoms with Crippen LogP contribution in [0.2, 0.25) is 0 Å². The van der Waals surface area contributed by atoms with E-state index in [9.17, 15) is 32.7 Å². The number of hydrogen-bond acceptors (Lipinski definition) is 9. The molecule has 12 nitrogen and oxygen atoms in total. The first kappa shape index (κ1) is 46.9. The Morgan fingerprint density at radius 2 is 1.67 bits per heavy atom. The number of aliphatic hydroxyl groups is 1. The second-order valence-corrected chi connectivity index (χ2v) is 18.2. The average molecular weight is 887 g/mol. The van der Waals surface area contributed by atoms with E-state index in [1.54, 1.807) is 40.4 Å². The van der Waals surface area contributed by atoms with Crippen LogP contribution in [0.15, 0.2) is 84.8 Å². The molecule has 1 aliphatic heterocycles. The molecule has 0 unspecified atom stereocenters. The number of nitrogens with zero attached hydrogens (tertiary/aromatic N) is 4. The number of rotatable bonds is 17. The minimum Gasteiger partial charge on any atom is -0.391 e. The van der Waals surface area contributed by atoms with Gasteiger partial charge < -0.3 is 35.8 Å². The average Bonchev–Trinajstić information content (AvgIpc) is 3.99. The van der Waals surface area contributed by atoms with Crippen molar-refractivity contribution >= 4 is 34.7 Å². The van der Waals surface area contributed by atoms with Crippen LogP contribution in [0.1, 0.15) is 92.2 Å². The summed E-state index contributed by atoms with van der Waals surface area (Å²) in [5, 5.41) is 23.4. The van der Waals surface area contributed by atoms with Gasteiger partial charge >= 0.3 is 6.18 Å². The van der Waals surface area contributed by atoms with Crippen LogP contribution in [-0.2, 0) is 29.4 Å². The van der Waals surface area contributed by atoms with E-state index in [2.05, 4.69) is 31.2 Å². The van der Waals surface area contributed by atoms with Crippen LogP contribution >= 0.6 is 11.3 Å². The molecule has 4 atom stereocenters. The predicted octanol–water partition coefficient (Wildman–Crippen LogP) is 7.89. The number of halogens is 3. The van der Waals surface area contributed by atoms with E-state index in [1.807, 2.05) is 77.6 Å². The third-order valence-corrected chi connectivity index (χ3v) is 12.2. The summed E-state index contributed by atoms with van der Waals surface area (Å²) >= 11 is 1.58. The fourth-order valence-corrected chi connectivity index (χ4v) is 8.53. The molecule has 2 aromatic heterocycles. The molecule has 3 heterocycles. The number of aryl methyl sites for hydroxylation is 2. The number of alkyl halides is 3. The number of aromatic nitrogens is 3. The number of imidazole rings is 1. The van der Waals surface area contributed by atoms with Gasteiger partial charge in [-0.25, -0.2) is 9.97 Å². The van der Waals surface area contributed by atoms with E-state index in [-0.39, 0.29) is 43.3 Å². The number of thiazole rings is 1. The highest BCUT2D eigenvalue weighted by Gasteiger charge is 2.44. The highest BCUT2D eigenvalue weighted by molar-refractivity contribution is 7.13. The SMILES string of the molecule is Cc1ncsc1-c1ccc([C@H](C)NC(=O)[C@@H]2C[C@@H](O)CN2C(=O)[C@@H](NCCCCCNC(=O)c2ccc(NCc3ccc(C(F)(F)F)cc3)c(-c3cn(C)cn3)c2)C(C)(C)C)cc1. The molecule has 336 valence electrons. The fraction of sp³-hybridized carbons (Fsp3) is 0.426. The number of β-amino-alcohol motifs (C(OH)–C–C–N with tert-alkyl or cyclic N) is 1. The Kier molecular flexibility index (Phi) is 15.1. The summed E-state index contributed by atoms with van der Waals surface area (Å²) in [5.41, 5.74) is 6.69. The summed E-state index contributed by atoms with van der Waals surface area (Å²) in [6.45, 7) is 11.1. The minimum atomic E-state index is -4.41. The van der Waals surface area contributed by atoms with E-state index in [1.165, 1.54) is 17.0 Å². The zero-order valence-corrected chi connectivity index (χ0v) is 37.4. The standard InChI is InChI=1S/C47H57F3N8O4S/c1-29(32-12-14-33(15-13-32)41-30(2)55-28-63-41)56-44(61)40-23-36(59)25-58(40)45(62)42(46(3,4)5)51-20-8-7-9-21-52-43(60)34-16-19-38(37(22-34)39-26-57(6)27-54-39)53-24-31-10-17-35(18-11-31)47(48,49)50/h10-19,22,26-29,36,40,42,51,53,59H,7-9,20-21,23-25H2,1-6H3,(H,52,60)(H,56,61)/t29-,36+,40-,42+/m0/s1. The molecule has 0 radical (unpaired) electrons. The first-order valence-electron chi connectivity index (χ1n) is 21.2. The largest absolute Gasteiger partial charge is 0.416 e. The molecule has 5 N–H and O–H groups in total. The summed E-state index contributed by atoms with van der Waals surface area (Å²) < 4.78 is 40.9.